The highest BCUT2D eigenvalue weighted by atomic mass is 79.9. The summed E-state index contributed by atoms with van der Waals surface area (Å²) in [4.78, 5) is 2.28. The molecule has 2 nitrogen and oxygen atoms in total. The highest BCUT2D eigenvalue weighted by Crippen LogP contribution is 2.35. The lowest BCUT2D eigenvalue weighted by Crippen LogP contribution is -2.32. The summed E-state index contributed by atoms with van der Waals surface area (Å²) in [6.45, 7) is 1.40. The number of anilines is 1. The van der Waals surface area contributed by atoms with Crippen LogP contribution in [0.5, 0.6) is 0 Å². The first kappa shape index (κ1) is 13.6. The predicted molar refractivity (Wildman–Crippen MR) is 83.4 cm³/mol. The maximum Gasteiger partial charge on any atom is 0.137 e. The number of para-hydroxylation sites is 1. The van der Waals surface area contributed by atoms with Gasteiger partial charge in [-0.1, -0.05) is 24.3 Å². The minimum absolute atomic E-state index is 0.0150. The summed E-state index contributed by atoms with van der Waals surface area (Å²) >= 11 is 3.19. The lowest BCUT2D eigenvalue weighted by atomic mass is 10.0. The fourth-order valence-electron chi connectivity index (χ4n) is 2.85. The van der Waals surface area contributed by atoms with Crippen LogP contribution < -0.4 is 10.6 Å². The van der Waals surface area contributed by atoms with E-state index in [2.05, 4.69) is 39.0 Å². The third-order valence-corrected chi connectivity index (χ3v) is 4.49. The van der Waals surface area contributed by atoms with E-state index < -0.39 is 0 Å². The van der Waals surface area contributed by atoms with Gasteiger partial charge in [0.25, 0.3) is 0 Å². The van der Waals surface area contributed by atoms with Crippen molar-refractivity contribution in [2.24, 2.45) is 5.73 Å². The standard InChI is InChI=1S/C16H16BrFN2/c17-13-6-5-12(9-14(13)18)16(10-19)20-8-7-11-3-1-2-4-15(11)20/h1-6,9,16H,7-8,10,19H2. The predicted octanol–water partition coefficient (Wildman–Crippen LogP) is 3.65. The Bertz CT molecular complexity index is 630. The van der Waals surface area contributed by atoms with E-state index in [1.165, 1.54) is 11.3 Å². The van der Waals surface area contributed by atoms with Gasteiger partial charge >= 0.3 is 0 Å². The molecular weight excluding hydrogens is 319 g/mol. The minimum Gasteiger partial charge on any atom is -0.363 e. The van der Waals surface area contributed by atoms with Crippen LogP contribution in [0.2, 0.25) is 0 Å². The van der Waals surface area contributed by atoms with Crippen molar-refractivity contribution >= 4 is 21.6 Å². The van der Waals surface area contributed by atoms with E-state index >= 15 is 0 Å². The second kappa shape index (κ2) is 5.54. The highest BCUT2D eigenvalue weighted by molar-refractivity contribution is 9.10. The average Bonchev–Trinajstić information content (AvgIpc) is 2.88. The summed E-state index contributed by atoms with van der Waals surface area (Å²) in [5.74, 6) is -0.242. The van der Waals surface area contributed by atoms with Crippen molar-refractivity contribution < 1.29 is 4.39 Å². The largest absolute Gasteiger partial charge is 0.363 e. The third-order valence-electron chi connectivity index (χ3n) is 3.85. The number of nitrogens with two attached hydrogens (primary N) is 1. The molecule has 1 heterocycles. The molecule has 1 aliphatic heterocycles. The Morgan fingerprint density at radius 2 is 2.05 bits per heavy atom. The van der Waals surface area contributed by atoms with Crippen LogP contribution in [0.1, 0.15) is 17.2 Å². The zero-order valence-corrected chi connectivity index (χ0v) is 12.6. The Morgan fingerprint density at radius 3 is 2.80 bits per heavy atom. The van der Waals surface area contributed by atoms with Gasteiger partial charge in [0.1, 0.15) is 5.82 Å². The van der Waals surface area contributed by atoms with Crippen molar-refractivity contribution in [2.75, 3.05) is 18.0 Å². The number of hydrogen-bond donors (Lipinski definition) is 1. The van der Waals surface area contributed by atoms with E-state index in [-0.39, 0.29) is 11.9 Å². The summed E-state index contributed by atoms with van der Waals surface area (Å²) in [7, 11) is 0. The first-order valence-corrected chi connectivity index (χ1v) is 7.49. The Balaban J connectivity index is 1.97. The summed E-state index contributed by atoms with van der Waals surface area (Å²) in [6, 6.07) is 13.6. The number of hydrogen-bond acceptors (Lipinski definition) is 2. The average molecular weight is 335 g/mol. The first-order valence-electron chi connectivity index (χ1n) is 6.70. The van der Waals surface area contributed by atoms with E-state index in [1.807, 2.05) is 12.1 Å². The monoisotopic (exact) mass is 334 g/mol. The van der Waals surface area contributed by atoms with Crippen molar-refractivity contribution in [3.63, 3.8) is 0 Å². The molecule has 0 fully saturated rings. The quantitative estimate of drug-likeness (QED) is 0.928. The van der Waals surface area contributed by atoms with Crippen LogP contribution in [0.15, 0.2) is 46.9 Å². The Kier molecular flexibility index (Phi) is 3.76. The lowest BCUT2D eigenvalue weighted by Gasteiger charge is -2.30. The van der Waals surface area contributed by atoms with E-state index in [1.54, 1.807) is 12.1 Å². The molecule has 3 rings (SSSR count). The molecule has 0 amide bonds. The summed E-state index contributed by atoms with van der Waals surface area (Å²) in [5.41, 5.74) is 9.43. The van der Waals surface area contributed by atoms with Crippen LogP contribution in [0, 0.1) is 5.82 Å². The topological polar surface area (TPSA) is 29.3 Å². The Hall–Kier alpha value is -1.39. The fraction of sp³-hybridized carbons (Fsp3) is 0.250. The summed E-state index contributed by atoms with van der Waals surface area (Å²) in [6.07, 6.45) is 1.02. The van der Waals surface area contributed by atoms with Gasteiger partial charge in [-0.3, -0.25) is 0 Å². The molecule has 2 aromatic rings. The zero-order chi connectivity index (χ0) is 14.1. The van der Waals surface area contributed by atoms with Crippen LogP contribution in [0.4, 0.5) is 10.1 Å². The number of benzene rings is 2. The molecule has 104 valence electrons. The van der Waals surface area contributed by atoms with Crippen LogP contribution >= 0.6 is 15.9 Å². The zero-order valence-electron chi connectivity index (χ0n) is 11.0. The van der Waals surface area contributed by atoms with Crippen LogP contribution in [-0.2, 0) is 6.42 Å². The van der Waals surface area contributed by atoms with E-state index in [0.717, 1.165) is 18.5 Å². The van der Waals surface area contributed by atoms with Gasteiger partial charge in [-0.15, -0.1) is 0 Å². The minimum atomic E-state index is -0.242. The van der Waals surface area contributed by atoms with Gasteiger partial charge in [0.15, 0.2) is 0 Å². The number of halogens is 2. The van der Waals surface area contributed by atoms with E-state index in [0.29, 0.717) is 11.0 Å². The smallest absolute Gasteiger partial charge is 0.137 e. The fourth-order valence-corrected chi connectivity index (χ4v) is 3.10. The second-order valence-corrected chi connectivity index (χ2v) is 5.85. The van der Waals surface area contributed by atoms with Gasteiger partial charge in [0.2, 0.25) is 0 Å². The molecule has 2 aromatic carbocycles. The molecule has 1 atom stereocenters. The van der Waals surface area contributed by atoms with Crippen molar-refractivity contribution in [3.05, 3.63) is 63.9 Å². The van der Waals surface area contributed by atoms with Crippen molar-refractivity contribution in [2.45, 2.75) is 12.5 Å². The molecule has 0 radical (unpaired) electrons. The molecule has 0 saturated heterocycles. The Labute approximate surface area is 126 Å². The molecule has 1 aliphatic rings. The summed E-state index contributed by atoms with van der Waals surface area (Å²) < 4.78 is 14.2. The molecule has 0 saturated carbocycles. The van der Waals surface area contributed by atoms with Crippen LogP contribution in [-0.4, -0.2) is 13.1 Å². The van der Waals surface area contributed by atoms with E-state index in [9.17, 15) is 4.39 Å². The third kappa shape index (κ3) is 2.34. The maximum absolute atomic E-state index is 13.8. The highest BCUT2D eigenvalue weighted by Gasteiger charge is 2.26. The van der Waals surface area contributed by atoms with Gasteiger partial charge in [-0.2, -0.15) is 0 Å². The lowest BCUT2D eigenvalue weighted by molar-refractivity contribution is 0.604. The number of fused-ring (bicyclic) bond motifs is 1. The molecule has 2 N–H and O–H groups in total. The molecule has 1 unspecified atom stereocenters. The van der Waals surface area contributed by atoms with Crippen LogP contribution in [0.3, 0.4) is 0 Å². The van der Waals surface area contributed by atoms with Gasteiger partial charge in [-0.25, -0.2) is 4.39 Å². The molecule has 4 heteroatoms. The molecule has 0 bridgehead atoms. The van der Waals surface area contributed by atoms with Crippen molar-refractivity contribution in [3.8, 4) is 0 Å². The van der Waals surface area contributed by atoms with Gasteiger partial charge in [0.05, 0.1) is 10.5 Å². The maximum atomic E-state index is 13.8. The molecule has 0 aliphatic carbocycles. The molecular formula is C16H16BrFN2. The number of nitrogens with zero attached hydrogens (tertiary/aromatic N) is 1. The van der Waals surface area contributed by atoms with Crippen LogP contribution in [0.25, 0.3) is 0 Å². The number of rotatable bonds is 3. The van der Waals surface area contributed by atoms with Gasteiger partial charge < -0.3 is 10.6 Å². The van der Waals surface area contributed by atoms with Gasteiger partial charge in [-0.05, 0) is 51.7 Å². The first-order chi connectivity index (χ1) is 9.70. The van der Waals surface area contributed by atoms with Crippen molar-refractivity contribution in [1.29, 1.82) is 0 Å². The summed E-state index contributed by atoms with van der Waals surface area (Å²) in [5, 5.41) is 0. The Morgan fingerprint density at radius 1 is 1.25 bits per heavy atom. The van der Waals surface area contributed by atoms with E-state index in [4.69, 9.17) is 5.73 Å². The molecule has 0 spiro atoms. The normalized spacial score (nSPS) is 15.2. The molecule has 20 heavy (non-hydrogen) atoms. The second-order valence-electron chi connectivity index (χ2n) is 5.00. The molecule has 0 aromatic heterocycles. The van der Waals surface area contributed by atoms with Gasteiger partial charge in [0, 0.05) is 18.8 Å². The SMILES string of the molecule is NCC(c1ccc(Br)c(F)c1)N1CCc2ccccc21. The van der Waals surface area contributed by atoms with Crippen molar-refractivity contribution in [1.82, 2.24) is 0 Å².